The van der Waals surface area contributed by atoms with Crippen LogP contribution in [0.5, 0.6) is 0 Å². The second-order valence-corrected chi connectivity index (χ2v) is 5.03. The summed E-state index contributed by atoms with van der Waals surface area (Å²) in [5.74, 6) is 0.974. The lowest BCUT2D eigenvalue weighted by Gasteiger charge is -2.11. The van der Waals surface area contributed by atoms with Crippen molar-refractivity contribution in [2.75, 3.05) is 6.61 Å². The van der Waals surface area contributed by atoms with Crippen molar-refractivity contribution in [1.29, 1.82) is 0 Å². The Bertz CT molecular complexity index is 603. The molecule has 0 amide bonds. The van der Waals surface area contributed by atoms with E-state index in [1.165, 1.54) is 6.33 Å². The Kier molecular flexibility index (Phi) is 2.87. The fourth-order valence-electron chi connectivity index (χ4n) is 2.81. The summed E-state index contributed by atoms with van der Waals surface area (Å²) < 4.78 is 1.94. The van der Waals surface area contributed by atoms with E-state index >= 15 is 0 Å². The molecule has 0 radical (unpaired) electrons. The second kappa shape index (κ2) is 4.53. The monoisotopic (exact) mass is 248 g/mol. The lowest BCUT2D eigenvalue weighted by atomic mass is 10.1. The quantitative estimate of drug-likeness (QED) is 0.829. The number of hydrogen-bond acceptors (Lipinski definition) is 4. The minimum atomic E-state index is -0.196. The minimum Gasteiger partial charge on any atom is -0.396 e. The molecular formula is C12H16N4O2. The molecule has 2 heterocycles. The Hall–Kier alpha value is -1.69. The number of imidazole rings is 1. The molecule has 6 heteroatoms. The maximum Gasteiger partial charge on any atom is 0.278 e. The van der Waals surface area contributed by atoms with Crippen LogP contribution in [0.25, 0.3) is 11.2 Å². The molecule has 2 atom stereocenters. The number of nitrogens with one attached hydrogen (secondary N) is 1. The second-order valence-electron chi connectivity index (χ2n) is 5.03. The van der Waals surface area contributed by atoms with Crippen LogP contribution in [0.15, 0.2) is 17.4 Å². The molecule has 96 valence electrons. The smallest absolute Gasteiger partial charge is 0.278 e. The molecule has 1 aliphatic carbocycles. The molecule has 0 saturated heterocycles. The summed E-state index contributed by atoms with van der Waals surface area (Å²) in [4.78, 5) is 22.3. The van der Waals surface area contributed by atoms with E-state index in [0.29, 0.717) is 23.0 Å². The largest absolute Gasteiger partial charge is 0.396 e. The fourth-order valence-corrected chi connectivity index (χ4v) is 2.81. The van der Waals surface area contributed by atoms with Crippen LogP contribution in [0.2, 0.25) is 0 Å². The van der Waals surface area contributed by atoms with Crippen LogP contribution in [0.1, 0.15) is 19.3 Å². The van der Waals surface area contributed by atoms with Crippen LogP contribution in [0, 0.1) is 11.8 Å². The highest BCUT2D eigenvalue weighted by Gasteiger charge is 2.24. The molecule has 2 aromatic rings. The van der Waals surface area contributed by atoms with Gasteiger partial charge in [0, 0.05) is 13.2 Å². The first kappa shape index (κ1) is 11.4. The number of hydrogen-bond donors (Lipinski definition) is 2. The number of aliphatic hydroxyl groups is 1. The Morgan fingerprint density at radius 2 is 2.22 bits per heavy atom. The Balaban J connectivity index is 1.83. The van der Waals surface area contributed by atoms with Gasteiger partial charge in [-0.25, -0.2) is 9.97 Å². The van der Waals surface area contributed by atoms with Gasteiger partial charge in [-0.1, -0.05) is 0 Å². The predicted octanol–water partition coefficient (Wildman–Crippen LogP) is 0.528. The summed E-state index contributed by atoms with van der Waals surface area (Å²) in [6, 6.07) is 0. The number of fused-ring (bicyclic) bond motifs is 1. The summed E-state index contributed by atoms with van der Waals surface area (Å²) in [6.45, 7) is 1.10. The molecule has 2 aromatic heterocycles. The van der Waals surface area contributed by atoms with Crippen molar-refractivity contribution < 1.29 is 5.11 Å². The van der Waals surface area contributed by atoms with Crippen molar-refractivity contribution in [3.05, 3.63) is 23.0 Å². The molecule has 0 spiro atoms. The molecule has 0 aliphatic heterocycles. The molecular weight excluding hydrogens is 232 g/mol. The van der Waals surface area contributed by atoms with Gasteiger partial charge in [0.05, 0.1) is 12.7 Å². The first-order chi connectivity index (χ1) is 8.78. The Labute approximate surface area is 104 Å². The zero-order valence-electron chi connectivity index (χ0n) is 10.0. The van der Waals surface area contributed by atoms with Gasteiger partial charge in [-0.05, 0) is 31.1 Å². The highest BCUT2D eigenvalue weighted by Crippen LogP contribution is 2.31. The predicted molar refractivity (Wildman–Crippen MR) is 66.1 cm³/mol. The summed E-state index contributed by atoms with van der Waals surface area (Å²) in [6.07, 6.45) is 6.34. The molecule has 1 aliphatic rings. The van der Waals surface area contributed by atoms with Crippen LogP contribution in [-0.2, 0) is 6.54 Å². The normalized spacial score (nSPS) is 23.8. The van der Waals surface area contributed by atoms with Gasteiger partial charge in [0.1, 0.15) is 0 Å². The summed E-state index contributed by atoms with van der Waals surface area (Å²) >= 11 is 0. The van der Waals surface area contributed by atoms with E-state index in [1.807, 2.05) is 4.57 Å². The van der Waals surface area contributed by atoms with Crippen LogP contribution >= 0.6 is 0 Å². The van der Waals surface area contributed by atoms with Gasteiger partial charge in [0.15, 0.2) is 11.2 Å². The third kappa shape index (κ3) is 1.92. The molecule has 0 aromatic carbocycles. The van der Waals surface area contributed by atoms with Gasteiger partial charge in [-0.2, -0.15) is 0 Å². The van der Waals surface area contributed by atoms with Crippen molar-refractivity contribution >= 4 is 11.2 Å². The summed E-state index contributed by atoms with van der Waals surface area (Å²) in [7, 11) is 0. The lowest BCUT2D eigenvalue weighted by molar-refractivity contribution is 0.225. The lowest BCUT2D eigenvalue weighted by Crippen LogP contribution is -2.11. The zero-order chi connectivity index (χ0) is 12.5. The number of rotatable bonds is 3. The SMILES string of the molecule is O=c1[nH]cnc2c1ncn2CC1CCC(CO)C1. The Morgan fingerprint density at radius 1 is 1.39 bits per heavy atom. The van der Waals surface area contributed by atoms with Crippen molar-refractivity contribution in [2.24, 2.45) is 11.8 Å². The number of aliphatic hydroxyl groups excluding tert-OH is 1. The van der Waals surface area contributed by atoms with E-state index in [0.717, 1.165) is 25.8 Å². The van der Waals surface area contributed by atoms with E-state index < -0.39 is 0 Å². The first-order valence-corrected chi connectivity index (χ1v) is 6.27. The molecule has 1 saturated carbocycles. The van der Waals surface area contributed by atoms with Crippen LogP contribution in [-0.4, -0.2) is 31.2 Å². The van der Waals surface area contributed by atoms with E-state index in [4.69, 9.17) is 5.11 Å². The van der Waals surface area contributed by atoms with Gasteiger partial charge in [-0.15, -0.1) is 0 Å². The molecule has 3 rings (SSSR count). The standard InChI is InChI=1S/C12H16N4O2/c17-5-9-2-1-8(3-9)4-16-7-15-10-11(16)13-6-14-12(10)18/h6-9,17H,1-5H2,(H,13,14,18). The van der Waals surface area contributed by atoms with Gasteiger partial charge in [0.2, 0.25) is 0 Å². The van der Waals surface area contributed by atoms with E-state index in [1.54, 1.807) is 6.33 Å². The van der Waals surface area contributed by atoms with Gasteiger partial charge in [-0.3, -0.25) is 4.79 Å². The van der Waals surface area contributed by atoms with E-state index in [9.17, 15) is 4.79 Å². The Morgan fingerprint density at radius 3 is 3.00 bits per heavy atom. The van der Waals surface area contributed by atoms with Crippen molar-refractivity contribution in [3.8, 4) is 0 Å². The number of nitrogens with zero attached hydrogens (tertiary/aromatic N) is 3. The number of aromatic amines is 1. The topological polar surface area (TPSA) is 83.8 Å². The third-order valence-corrected chi connectivity index (χ3v) is 3.77. The average Bonchev–Trinajstić information content (AvgIpc) is 2.98. The van der Waals surface area contributed by atoms with Crippen LogP contribution in [0.4, 0.5) is 0 Å². The van der Waals surface area contributed by atoms with Gasteiger partial charge in [0.25, 0.3) is 5.56 Å². The summed E-state index contributed by atoms with van der Waals surface area (Å²) in [5.41, 5.74) is 0.846. The average molecular weight is 248 g/mol. The number of aromatic nitrogens is 4. The fraction of sp³-hybridized carbons (Fsp3) is 0.583. The molecule has 18 heavy (non-hydrogen) atoms. The zero-order valence-corrected chi connectivity index (χ0v) is 10.0. The highest BCUT2D eigenvalue weighted by atomic mass is 16.3. The molecule has 2 unspecified atom stereocenters. The molecule has 6 nitrogen and oxygen atoms in total. The van der Waals surface area contributed by atoms with Crippen molar-refractivity contribution in [2.45, 2.75) is 25.8 Å². The van der Waals surface area contributed by atoms with E-state index in [2.05, 4.69) is 15.0 Å². The first-order valence-electron chi connectivity index (χ1n) is 6.27. The van der Waals surface area contributed by atoms with Crippen LogP contribution < -0.4 is 5.56 Å². The van der Waals surface area contributed by atoms with Crippen molar-refractivity contribution in [3.63, 3.8) is 0 Å². The number of H-pyrrole nitrogens is 1. The molecule has 0 bridgehead atoms. The maximum absolute atomic E-state index is 11.5. The highest BCUT2D eigenvalue weighted by molar-refractivity contribution is 5.68. The van der Waals surface area contributed by atoms with Crippen LogP contribution in [0.3, 0.4) is 0 Å². The summed E-state index contributed by atoms with van der Waals surface area (Å²) in [5, 5.41) is 9.14. The third-order valence-electron chi connectivity index (χ3n) is 3.77. The van der Waals surface area contributed by atoms with Gasteiger partial charge >= 0.3 is 0 Å². The minimum absolute atomic E-state index is 0.196. The molecule has 2 N–H and O–H groups in total. The van der Waals surface area contributed by atoms with E-state index in [-0.39, 0.29) is 12.2 Å². The molecule has 1 fully saturated rings. The maximum atomic E-state index is 11.5. The van der Waals surface area contributed by atoms with Crippen molar-refractivity contribution in [1.82, 2.24) is 19.5 Å². The van der Waals surface area contributed by atoms with Gasteiger partial charge < -0.3 is 14.7 Å².